The van der Waals surface area contributed by atoms with Crippen LogP contribution in [0.5, 0.6) is 0 Å². The van der Waals surface area contributed by atoms with E-state index < -0.39 is 6.10 Å². The van der Waals surface area contributed by atoms with Crippen LogP contribution in [-0.4, -0.2) is 47.6 Å². The van der Waals surface area contributed by atoms with E-state index in [0.717, 1.165) is 25.7 Å². The molecule has 1 heterocycles. The van der Waals surface area contributed by atoms with Gasteiger partial charge in [-0.05, 0) is 24.3 Å². The summed E-state index contributed by atoms with van der Waals surface area (Å²) < 4.78 is 0. The van der Waals surface area contributed by atoms with Gasteiger partial charge in [0.05, 0.1) is 23.6 Å². The number of aliphatic hydroxyl groups excluding tert-OH is 1. The highest BCUT2D eigenvalue weighted by atomic mass is 32.1. The predicted octanol–water partition coefficient (Wildman–Crippen LogP) is 1.24. The number of nitrogens with zero attached hydrogens (tertiary/aromatic N) is 1. The molecule has 1 aromatic heterocycles. The van der Waals surface area contributed by atoms with Gasteiger partial charge in [0.15, 0.2) is 0 Å². The number of carbonyl (C=O) groups excluding carboxylic acids is 2. The van der Waals surface area contributed by atoms with E-state index in [9.17, 15) is 14.7 Å². The lowest BCUT2D eigenvalue weighted by Crippen LogP contribution is -2.48. The van der Waals surface area contributed by atoms with Crippen molar-refractivity contribution >= 4 is 23.2 Å². The second-order valence-corrected chi connectivity index (χ2v) is 6.11. The number of hydrogen-bond acceptors (Lipinski definition) is 4. The van der Waals surface area contributed by atoms with E-state index in [1.807, 2.05) is 11.4 Å². The molecule has 20 heavy (non-hydrogen) atoms. The van der Waals surface area contributed by atoms with Crippen molar-refractivity contribution in [1.29, 1.82) is 0 Å². The van der Waals surface area contributed by atoms with Gasteiger partial charge in [-0.15, -0.1) is 11.3 Å². The Hall–Kier alpha value is -1.40. The molecule has 6 heteroatoms. The van der Waals surface area contributed by atoms with Crippen LogP contribution in [0, 0.1) is 0 Å². The number of carbonyl (C=O) groups is 2. The Balaban J connectivity index is 1.83. The van der Waals surface area contributed by atoms with Gasteiger partial charge in [0.2, 0.25) is 5.91 Å². The first-order chi connectivity index (χ1) is 9.58. The zero-order valence-corrected chi connectivity index (χ0v) is 12.4. The first-order valence-electron chi connectivity index (χ1n) is 6.84. The fourth-order valence-electron chi connectivity index (χ4n) is 2.41. The molecule has 1 aliphatic rings. The van der Waals surface area contributed by atoms with Gasteiger partial charge in [0.1, 0.15) is 0 Å². The molecule has 0 bridgehead atoms. The van der Waals surface area contributed by atoms with E-state index >= 15 is 0 Å². The van der Waals surface area contributed by atoms with Gasteiger partial charge in [-0.1, -0.05) is 18.9 Å². The Morgan fingerprint density at radius 1 is 1.45 bits per heavy atom. The predicted molar refractivity (Wildman–Crippen MR) is 77.7 cm³/mol. The summed E-state index contributed by atoms with van der Waals surface area (Å²) in [6, 6.07) is 3.37. The fourth-order valence-corrected chi connectivity index (χ4v) is 3.13. The summed E-state index contributed by atoms with van der Waals surface area (Å²) in [7, 11) is 1.61. The van der Waals surface area contributed by atoms with Crippen molar-refractivity contribution in [3.8, 4) is 0 Å². The number of amides is 2. The number of nitrogens with one attached hydrogen (secondary N) is 1. The third-order valence-corrected chi connectivity index (χ3v) is 4.39. The molecule has 0 aliphatic heterocycles. The van der Waals surface area contributed by atoms with Crippen molar-refractivity contribution in [3.63, 3.8) is 0 Å². The third kappa shape index (κ3) is 3.80. The highest BCUT2D eigenvalue weighted by Crippen LogP contribution is 2.18. The van der Waals surface area contributed by atoms with Gasteiger partial charge in [-0.3, -0.25) is 9.59 Å². The van der Waals surface area contributed by atoms with Gasteiger partial charge >= 0.3 is 0 Å². The van der Waals surface area contributed by atoms with E-state index in [-0.39, 0.29) is 24.4 Å². The maximum atomic E-state index is 12.0. The number of likely N-dealkylation sites (N-methyl/N-ethyl adjacent to an activating group) is 1. The van der Waals surface area contributed by atoms with Crippen LogP contribution in [0.25, 0.3) is 0 Å². The topological polar surface area (TPSA) is 69.6 Å². The van der Waals surface area contributed by atoms with Crippen LogP contribution in [0.3, 0.4) is 0 Å². The molecule has 2 N–H and O–H groups in total. The van der Waals surface area contributed by atoms with E-state index in [4.69, 9.17) is 0 Å². The largest absolute Gasteiger partial charge is 0.391 e. The Morgan fingerprint density at radius 2 is 2.20 bits per heavy atom. The highest BCUT2D eigenvalue weighted by Gasteiger charge is 2.25. The van der Waals surface area contributed by atoms with Gasteiger partial charge in [-0.2, -0.15) is 0 Å². The number of thiophene rings is 1. The molecule has 1 aliphatic carbocycles. The Bertz CT molecular complexity index is 461. The summed E-state index contributed by atoms with van der Waals surface area (Å²) in [5.74, 6) is -0.373. The summed E-state index contributed by atoms with van der Waals surface area (Å²) in [4.78, 5) is 26.0. The highest BCUT2D eigenvalue weighted by molar-refractivity contribution is 7.12. The van der Waals surface area contributed by atoms with Crippen molar-refractivity contribution in [2.45, 2.75) is 37.8 Å². The molecule has 2 atom stereocenters. The molecule has 5 nitrogen and oxygen atoms in total. The summed E-state index contributed by atoms with van der Waals surface area (Å²) in [5, 5.41) is 14.5. The van der Waals surface area contributed by atoms with E-state index in [0.29, 0.717) is 4.88 Å². The number of rotatable bonds is 4. The van der Waals surface area contributed by atoms with Crippen molar-refractivity contribution in [2.24, 2.45) is 0 Å². The SMILES string of the molecule is CN(CC(=O)N[C@@H]1CCCC[C@H]1O)C(=O)c1cccs1. The lowest BCUT2D eigenvalue weighted by Gasteiger charge is -2.29. The molecule has 0 radical (unpaired) electrons. The van der Waals surface area contributed by atoms with E-state index in [1.54, 1.807) is 13.1 Å². The average Bonchev–Trinajstić information content (AvgIpc) is 2.94. The molecule has 2 amide bonds. The van der Waals surface area contributed by atoms with Crippen molar-refractivity contribution < 1.29 is 14.7 Å². The van der Waals surface area contributed by atoms with Crippen LogP contribution >= 0.6 is 11.3 Å². The second-order valence-electron chi connectivity index (χ2n) is 5.16. The molecular formula is C14H20N2O3S. The zero-order chi connectivity index (χ0) is 14.5. The maximum Gasteiger partial charge on any atom is 0.264 e. The molecule has 1 saturated carbocycles. The molecular weight excluding hydrogens is 276 g/mol. The van der Waals surface area contributed by atoms with Crippen molar-refractivity contribution in [2.75, 3.05) is 13.6 Å². The molecule has 2 rings (SSSR count). The van der Waals surface area contributed by atoms with Crippen LogP contribution in [-0.2, 0) is 4.79 Å². The monoisotopic (exact) mass is 296 g/mol. The van der Waals surface area contributed by atoms with Gasteiger partial charge < -0.3 is 15.3 Å². The quantitative estimate of drug-likeness (QED) is 0.878. The number of aliphatic hydroxyl groups is 1. The third-order valence-electron chi connectivity index (χ3n) is 3.54. The minimum Gasteiger partial charge on any atom is -0.391 e. The molecule has 110 valence electrons. The summed E-state index contributed by atoms with van der Waals surface area (Å²) in [5.41, 5.74) is 0. The maximum absolute atomic E-state index is 12.0. The summed E-state index contributed by atoms with van der Waals surface area (Å²) in [6.45, 7) is 0.0138. The Morgan fingerprint density at radius 3 is 2.85 bits per heavy atom. The molecule has 0 unspecified atom stereocenters. The summed E-state index contributed by atoms with van der Waals surface area (Å²) >= 11 is 1.36. The van der Waals surface area contributed by atoms with Crippen LogP contribution in [0.2, 0.25) is 0 Å². The fraction of sp³-hybridized carbons (Fsp3) is 0.571. The van der Waals surface area contributed by atoms with Crippen LogP contribution in [0.1, 0.15) is 35.4 Å². The van der Waals surface area contributed by atoms with Crippen molar-refractivity contribution in [1.82, 2.24) is 10.2 Å². The lowest BCUT2D eigenvalue weighted by atomic mass is 9.92. The molecule has 0 spiro atoms. The Kier molecular flexibility index (Phi) is 5.14. The van der Waals surface area contributed by atoms with Gasteiger partial charge in [0, 0.05) is 7.05 Å². The summed E-state index contributed by atoms with van der Waals surface area (Å²) in [6.07, 6.45) is 3.09. The van der Waals surface area contributed by atoms with Crippen molar-refractivity contribution in [3.05, 3.63) is 22.4 Å². The van der Waals surface area contributed by atoms with E-state index in [2.05, 4.69) is 5.32 Å². The zero-order valence-electron chi connectivity index (χ0n) is 11.5. The normalized spacial score (nSPS) is 22.3. The first kappa shape index (κ1) is 15.0. The average molecular weight is 296 g/mol. The first-order valence-corrected chi connectivity index (χ1v) is 7.72. The van der Waals surface area contributed by atoms with Crippen LogP contribution in [0.4, 0.5) is 0 Å². The molecule has 1 aromatic rings. The van der Waals surface area contributed by atoms with Gasteiger partial charge in [0.25, 0.3) is 5.91 Å². The minimum atomic E-state index is -0.467. The molecule has 0 saturated heterocycles. The smallest absolute Gasteiger partial charge is 0.264 e. The van der Waals surface area contributed by atoms with E-state index in [1.165, 1.54) is 16.2 Å². The minimum absolute atomic E-state index is 0.0138. The second kappa shape index (κ2) is 6.85. The van der Waals surface area contributed by atoms with Crippen LogP contribution in [0.15, 0.2) is 17.5 Å². The molecule has 1 fully saturated rings. The van der Waals surface area contributed by atoms with Crippen LogP contribution < -0.4 is 5.32 Å². The molecule has 0 aromatic carbocycles. The number of hydrogen-bond donors (Lipinski definition) is 2. The lowest BCUT2D eigenvalue weighted by molar-refractivity contribution is -0.123. The van der Waals surface area contributed by atoms with Gasteiger partial charge in [-0.25, -0.2) is 0 Å². The Labute approximate surface area is 122 Å². The standard InChI is InChI=1S/C14H20N2O3S/c1-16(14(19)12-7-4-8-20-12)9-13(18)15-10-5-2-3-6-11(10)17/h4,7-8,10-11,17H,2-3,5-6,9H2,1H3,(H,15,18)/t10-,11-/m1/s1.